The van der Waals surface area contributed by atoms with E-state index < -0.39 is 0 Å². The average molecular weight is 300 g/mol. The molecule has 3 heteroatoms. The van der Waals surface area contributed by atoms with Crippen LogP contribution >= 0.6 is 15.9 Å². The van der Waals surface area contributed by atoms with Crippen LogP contribution in [0, 0.1) is 17.8 Å². The zero-order chi connectivity index (χ0) is 11.8. The molecule has 0 aromatic heterocycles. The Bertz CT molecular complexity index is 297. The highest BCUT2D eigenvalue weighted by molar-refractivity contribution is 9.09. The van der Waals surface area contributed by atoms with Gasteiger partial charge in [-0.05, 0) is 37.5 Å². The molecule has 1 aliphatic heterocycles. The number of hydrogen-bond acceptors (Lipinski definition) is 1. The quantitative estimate of drug-likeness (QED) is 0.717. The van der Waals surface area contributed by atoms with Gasteiger partial charge in [0.05, 0.1) is 0 Å². The summed E-state index contributed by atoms with van der Waals surface area (Å²) in [5, 5.41) is 0.959. The Hall–Kier alpha value is -0.0500. The Kier molecular flexibility index (Phi) is 3.47. The maximum absolute atomic E-state index is 12.6. The fourth-order valence-corrected chi connectivity index (χ4v) is 4.68. The minimum Gasteiger partial charge on any atom is -0.339 e. The molecule has 2 saturated carbocycles. The molecule has 0 bridgehead atoms. The molecule has 1 amide bonds. The molecule has 2 nitrogen and oxygen atoms in total. The van der Waals surface area contributed by atoms with Gasteiger partial charge in [0, 0.05) is 23.8 Å². The van der Waals surface area contributed by atoms with E-state index in [4.69, 9.17) is 0 Å². The molecule has 0 aromatic rings. The minimum absolute atomic E-state index is 0.420. The van der Waals surface area contributed by atoms with E-state index in [1.807, 2.05) is 0 Å². The van der Waals surface area contributed by atoms with Crippen molar-refractivity contribution in [1.82, 2.24) is 4.90 Å². The van der Waals surface area contributed by atoms with Gasteiger partial charge >= 0.3 is 0 Å². The van der Waals surface area contributed by atoms with Crippen molar-refractivity contribution in [2.45, 2.75) is 51.0 Å². The number of halogens is 1. The molecule has 3 fully saturated rings. The van der Waals surface area contributed by atoms with Crippen LogP contribution in [0.25, 0.3) is 0 Å². The van der Waals surface area contributed by atoms with Gasteiger partial charge in [-0.1, -0.05) is 35.2 Å². The molecule has 2 aliphatic carbocycles. The number of rotatable bonds is 2. The van der Waals surface area contributed by atoms with Gasteiger partial charge in [0.1, 0.15) is 0 Å². The van der Waals surface area contributed by atoms with Crippen molar-refractivity contribution >= 4 is 21.8 Å². The summed E-state index contributed by atoms with van der Waals surface area (Å²) in [6.07, 6.45) is 8.97. The van der Waals surface area contributed by atoms with E-state index >= 15 is 0 Å². The molecule has 0 radical (unpaired) electrons. The smallest absolute Gasteiger partial charge is 0.226 e. The second-order valence-corrected chi connectivity index (χ2v) is 6.62. The summed E-state index contributed by atoms with van der Waals surface area (Å²) in [4.78, 5) is 14.8. The molecule has 3 unspecified atom stereocenters. The lowest BCUT2D eigenvalue weighted by Crippen LogP contribution is -2.42. The van der Waals surface area contributed by atoms with Gasteiger partial charge in [-0.3, -0.25) is 4.79 Å². The van der Waals surface area contributed by atoms with E-state index in [0.717, 1.165) is 23.7 Å². The van der Waals surface area contributed by atoms with Crippen molar-refractivity contribution in [2.24, 2.45) is 17.8 Å². The molecule has 3 aliphatic rings. The lowest BCUT2D eigenvalue weighted by Gasteiger charge is -2.29. The number of likely N-dealkylation sites (tertiary alicyclic amines) is 1. The van der Waals surface area contributed by atoms with E-state index in [0.29, 0.717) is 17.9 Å². The second kappa shape index (κ2) is 4.91. The molecule has 1 saturated heterocycles. The van der Waals surface area contributed by atoms with Gasteiger partial charge in [-0.2, -0.15) is 0 Å². The average Bonchev–Trinajstić information content (AvgIpc) is 2.94. The topological polar surface area (TPSA) is 20.3 Å². The van der Waals surface area contributed by atoms with Gasteiger partial charge in [0.25, 0.3) is 0 Å². The lowest BCUT2D eigenvalue weighted by atomic mass is 10.1. The first-order valence-corrected chi connectivity index (χ1v) is 8.31. The third kappa shape index (κ3) is 2.16. The summed E-state index contributed by atoms with van der Waals surface area (Å²) in [5.41, 5.74) is 0. The third-order valence-corrected chi connectivity index (χ3v) is 5.78. The van der Waals surface area contributed by atoms with E-state index in [1.165, 1.54) is 44.9 Å². The zero-order valence-corrected chi connectivity index (χ0v) is 12.0. The number of alkyl halides is 1. The Balaban J connectivity index is 1.66. The Labute approximate surface area is 112 Å². The molecule has 17 heavy (non-hydrogen) atoms. The molecular formula is C14H22BrNO. The fourth-order valence-electron chi connectivity index (χ4n) is 4.01. The number of carbonyl (C=O) groups is 1. The highest BCUT2D eigenvalue weighted by Gasteiger charge is 2.57. The van der Waals surface area contributed by atoms with Crippen LogP contribution in [-0.2, 0) is 4.79 Å². The van der Waals surface area contributed by atoms with Crippen LogP contribution < -0.4 is 0 Å². The SMILES string of the molecule is O=C(C1C2CCCC21)N1CCCCCC1CBr. The molecule has 0 spiro atoms. The maximum Gasteiger partial charge on any atom is 0.226 e. The Morgan fingerprint density at radius 1 is 1.06 bits per heavy atom. The van der Waals surface area contributed by atoms with E-state index in [9.17, 15) is 4.79 Å². The van der Waals surface area contributed by atoms with Crippen LogP contribution in [0.4, 0.5) is 0 Å². The van der Waals surface area contributed by atoms with Crippen molar-refractivity contribution in [3.8, 4) is 0 Å². The van der Waals surface area contributed by atoms with Crippen LogP contribution in [0.15, 0.2) is 0 Å². The first-order valence-electron chi connectivity index (χ1n) is 7.19. The summed E-state index contributed by atoms with van der Waals surface area (Å²) >= 11 is 3.59. The van der Waals surface area contributed by atoms with Crippen molar-refractivity contribution < 1.29 is 4.79 Å². The summed E-state index contributed by atoms with van der Waals surface area (Å²) < 4.78 is 0. The van der Waals surface area contributed by atoms with Crippen molar-refractivity contribution in [2.75, 3.05) is 11.9 Å². The molecule has 3 rings (SSSR count). The highest BCUT2D eigenvalue weighted by Crippen LogP contribution is 2.58. The first-order chi connectivity index (χ1) is 8.33. The van der Waals surface area contributed by atoms with Crippen molar-refractivity contribution in [3.05, 3.63) is 0 Å². The van der Waals surface area contributed by atoms with Gasteiger partial charge < -0.3 is 4.90 Å². The minimum atomic E-state index is 0.420. The van der Waals surface area contributed by atoms with E-state index in [-0.39, 0.29) is 0 Å². The first kappa shape index (κ1) is 12.0. The number of nitrogens with zero attached hydrogens (tertiary/aromatic N) is 1. The van der Waals surface area contributed by atoms with E-state index in [2.05, 4.69) is 20.8 Å². The molecule has 96 valence electrons. The highest BCUT2D eigenvalue weighted by atomic mass is 79.9. The van der Waals surface area contributed by atoms with Gasteiger partial charge in [-0.15, -0.1) is 0 Å². The van der Waals surface area contributed by atoms with Gasteiger partial charge in [0.15, 0.2) is 0 Å². The molecule has 0 aromatic carbocycles. The standard InChI is InChI=1S/C14H22BrNO/c15-9-10-5-2-1-3-8-16(10)14(17)13-11-6-4-7-12(11)13/h10-13H,1-9H2. The van der Waals surface area contributed by atoms with Crippen LogP contribution in [-0.4, -0.2) is 28.7 Å². The molecule has 3 atom stereocenters. The largest absolute Gasteiger partial charge is 0.339 e. The van der Waals surface area contributed by atoms with Gasteiger partial charge in [-0.25, -0.2) is 0 Å². The summed E-state index contributed by atoms with van der Waals surface area (Å²) in [6.45, 7) is 1.00. The second-order valence-electron chi connectivity index (χ2n) is 5.97. The molecule has 0 N–H and O–H groups in total. The zero-order valence-electron chi connectivity index (χ0n) is 10.4. The van der Waals surface area contributed by atoms with Gasteiger partial charge in [0.2, 0.25) is 5.91 Å². The van der Waals surface area contributed by atoms with Crippen molar-refractivity contribution in [3.63, 3.8) is 0 Å². The summed E-state index contributed by atoms with van der Waals surface area (Å²) in [6, 6.07) is 0.464. The predicted molar refractivity (Wildman–Crippen MR) is 72.1 cm³/mol. The van der Waals surface area contributed by atoms with Crippen LogP contribution in [0.3, 0.4) is 0 Å². The van der Waals surface area contributed by atoms with Crippen molar-refractivity contribution in [1.29, 1.82) is 0 Å². The van der Waals surface area contributed by atoms with Crippen LogP contribution in [0.5, 0.6) is 0 Å². The van der Waals surface area contributed by atoms with Crippen LogP contribution in [0.2, 0.25) is 0 Å². The molecular weight excluding hydrogens is 278 g/mol. The predicted octanol–water partition coefficient (Wildman–Crippen LogP) is 3.20. The number of carbonyl (C=O) groups excluding carboxylic acids is 1. The maximum atomic E-state index is 12.6. The number of amides is 1. The fraction of sp³-hybridized carbons (Fsp3) is 0.929. The summed E-state index contributed by atoms with van der Waals surface area (Å²) in [5.74, 6) is 2.44. The number of fused-ring (bicyclic) bond motifs is 1. The lowest BCUT2D eigenvalue weighted by molar-refractivity contribution is -0.135. The summed E-state index contributed by atoms with van der Waals surface area (Å²) in [7, 11) is 0. The third-order valence-electron chi connectivity index (χ3n) is 5.03. The number of hydrogen-bond donors (Lipinski definition) is 0. The Morgan fingerprint density at radius 2 is 1.82 bits per heavy atom. The molecule has 1 heterocycles. The Morgan fingerprint density at radius 3 is 2.53 bits per heavy atom. The van der Waals surface area contributed by atoms with E-state index in [1.54, 1.807) is 0 Å². The van der Waals surface area contributed by atoms with Crippen LogP contribution in [0.1, 0.15) is 44.9 Å². The monoisotopic (exact) mass is 299 g/mol. The normalized spacial score (nSPS) is 40.9.